The van der Waals surface area contributed by atoms with Crippen LogP contribution in [0.1, 0.15) is 29.2 Å². The maximum Gasteiger partial charge on any atom is 0.325 e. The molecule has 0 radical (unpaired) electrons. The number of nitriles is 1. The van der Waals surface area contributed by atoms with E-state index in [1.54, 1.807) is 31.2 Å². The molecular weight excluding hydrogens is 302 g/mol. The van der Waals surface area contributed by atoms with Crippen molar-refractivity contribution >= 4 is 11.9 Å². The fourth-order valence-electron chi connectivity index (χ4n) is 2.79. The van der Waals surface area contributed by atoms with Crippen LogP contribution in [0.15, 0.2) is 48.5 Å². The molecule has 1 aliphatic rings. The summed E-state index contributed by atoms with van der Waals surface area (Å²) in [7, 11) is 0. The minimum Gasteiger partial charge on any atom is -0.319 e. The first-order valence-corrected chi connectivity index (χ1v) is 7.64. The zero-order chi connectivity index (χ0) is 17.3. The lowest BCUT2D eigenvalue weighted by molar-refractivity contribution is -0.131. The molecule has 1 N–H and O–H groups in total. The molecule has 2 aromatic carbocycles. The maximum absolute atomic E-state index is 12.8. The number of amides is 3. The second-order valence-electron chi connectivity index (χ2n) is 6.12. The highest BCUT2D eigenvalue weighted by Gasteiger charge is 2.48. The number of nitrogens with one attached hydrogen (secondary N) is 1. The Morgan fingerprint density at radius 1 is 1.08 bits per heavy atom. The van der Waals surface area contributed by atoms with Crippen molar-refractivity contribution in [3.8, 4) is 6.07 Å². The van der Waals surface area contributed by atoms with Crippen molar-refractivity contribution in [1.82, 2.24) is 10.2 Å². The zero-order valence-electron chi connectivity index (χ0n) is 13.5. The maximum atomic E-state index is 12.8. The van der Waals surface area contributed by atoms with Gasteiger partial charge in [-0.3, -0.25) is 9.69 Å². The summed E-state index contributed by atoms with van der Waals surface area (Å²) in [5, 5.41) is 11.7. The lowest BCUT2D eigenvalue weighted by Crippen LogP contribution is -2.40. The number of carbonyl (C=O) groups is 2. The summed E-state index contributed by atoms with van der Waals surface area (Å²) in [5.74, 6) is -0.294. The Labute approximate surface area is 140 Å². The van der Waals surface area contributed by atoms with Crippen molar-refractivity contribution in [1.29, 1.82) is 5.26 Å². The van der Waals surface area contributed by atoms with E-state index in [0.717, 1.165) is 11.1 Å². The van der Waals surface area contributed by atoms with E-state index in [2.05, 4.69) is 5.32 Å². The molecule has 5 heteroatoms. The standard InChI is InChI=1S/C19H17N3O2/c1-13-3-5-15(6-4-13)12-22-17(23)19(2,21-18(22)24)16-9-7-14(11-20)8-10-16/h3-10H,12H2,1-2H3,(H,21,24)/t19-/m1/s1. The summed E-state index contributed by atoms with van der Waals surface area (Å²) in [5.41, 5.74) is 2.07. The number of rotatable bonds is 3. The van der Waals surface area contributed by atoms with Gasteiger partial charge in [-0.2, -0.15) is 5.26 Å². The molecular formula is C19H17N3O2. The lowest BCUT2D eigenvalue weighted by Gasteiger charge is -2.22. The van der Waals surface area contributed by atoms with Gasteiger partial charge in [-0.25, -0.2) is 4.79 Å². The van der Waals surface area contributed by atoms with E-state index in [9.17, 15) is 9.59 Å². The second kappa shape index (κ2) is 5.82. The van der Waals surface area contributed by atoms with Crippen LogP contribution in [0.5, 0.6) is 0 Å². The summed E-state index contributed by atoms with van der Waals surface area (Å²) < 4.78 is 0. The number of nitrogens with zero attached hydrogens (tertiary/aromatic N) is 2. The number of hydrogen-bond donors (Lipinski definition) is 1. The Hall–Kier alpha value is -3.13. The van der Waals surface area contributed by atoms with E-state index >= 15 is 0 Å². The quantitative estimate of drug-likeness (QED) is 0.884. The fraction of sp³-hybridized carbons (Fsp3) is 0.211. The molecule has 3 rings (SSSR count). The van der Waals surface area contributed by atoms with Gasteiger partial charge < -0.3 is 5.32 Å². The molecule has 1 heterocycles. The van der Waals surface area contributed by atoms with Gasteiger partial charge in [0.15, 0.2) is 0 Å². The van der Waals surface area contributed by atoms with E-state index < -0.39 is 11.6 Å². The SMILES string of the molecule is Cc1ccc(CN2C(=O)N[C@](C)(c3ccc(C#N)cc3)C2=O)cc1. The molecule has 1 atom stereocenters. The molecule has 3 amide bonds. The molecule has 0 saturated carbocycles. The molecule has 120 valence electrons. The number of hydrogen-bond acceptors (Lipinski definition) is 3. The van der Waals surface area contributed by atoms with Gasteiger partial charge in [-0.15, -0.1) is 0 Å². The average Bonchev–Trinajstić information content (AvgIpc) is 2.81. The van der Waals surface area contributed by atoms with Crippen LogP contribution in [-0.2, 0) is 16.9 Å². The summed E-state index contributed by atoms with van der Waals surface area (Å²) in [4.78, 5) is 26.4. The Bertz CT molecular complexity index is 834. The zero-order valence-corrected chi connectivity index (χ0v) is 13.5. The highest BCUT2D eigenvalue weighted by Crippen LogP contribution is 2.30. The third-order valence-corrected chi connectivity index (χ3v) is 4.33. The van der Waals surface area contributed by atoms with E-state index in [1.807, 2.05) is 37.3 Å². The Kier molecular flexibility index (Phi) is 3.82. The van der Waals surface area contributed by atoms with Crippen LogP contribution in [0.3, 0.4) is 0 Å². The predicted molar refractivity (Wildman–Crippen MR) is 88.8 cm³/mol. The monoisotopic (exact) mass is 319 g/mol. The topological polar surface area (TPSA) is 73.2 Å². The van der Waals surface area contributed by atoms with Crippen LogP contribution in [0, 0.1) is 18.3 Å². The van der Waals surface area contributed by atoms with Crippen molar-refractivity contribution in [2.24, 2.45) is 0 Å². The van der Waals surface area contributed by atoms with E-state index in [-0.39, 0.29) is 12.5 Å². The third kappa shape index (κ3) is 2.63. The van der Waals surface area contributed by atoms with Crippen molar-refractivity contribution in [3.05, 3.63) is 70.8 Å². The van der Waals surface area contributed by atoms with Crippen LogP contribution >= 0.6 is 0 Å². The van der Waals surface area contributed by atoms with E-state index in [0.29, 0.717) is 11.1 Å². The summed E-state index contributed by atoms with van der Waals surface area (Å²) in [6, 6.07) is 16.0. The van der Waals surface area contributed by atoms with E-state index in [4.69, 9.17) is 5.26 Å². The molecule has 24 heavy (non-hydrogen) atoms. The number of imide groups is 1. The molecule has 0 unspecified atom stereocenters. The molecule has 2 aromatic rings. The van der Waals surface area contributed by atoms with Crippen LogP contribution in [0.4, 0.5) is 4.79 Å². The lowest BCUT2D eigenvalue weighted by atomic mass is 9.91. The predicted octanol–water partition coefficient (Wildman–Crippen LogP) is 2.83. The van der Waals surface area contributed by atoms with Crippen LogP contribution in [0.2, 0.25) is 0 Å². The van der Waals surface area contributed by atoms with Gasteiger partial charge >= 0.3 is 6.03 Å². The van der Waals surface area contributed by atoms with Gasteiger partial charge in [0.2, 0.25) is 0 Å². The smallest absolute Gasteiger partial charge is 0.319 e. The van der Waals surface area contributed by atoms with Crippen LogP contribution in [-0.4, -0.2) is 16.8 Å². The van der Waals surface area contributed by atoms with Gasteiger partial charge in [0, 0.05) is 0 Å². The molecule has 0 bridgehead atoms. The number of carbonyl (C=O) groups excluding carboxylic acids is 2. The van der Waals surface area contributed by atoms with Crippen LogP contribution in [0.25, 0.3) is 0 Å². The van der Waals surface area contributed by atoms with Gasteiger partial charge in [0.05, 0.1) is 18.2 Å². The van der Waals surface area contributed by atoms with Gasteiger partial charge in [0.25, 0.3) is 5.91 Å². The Morgan fingerprint density at radius 2 is 1.71 bits per heavy atom. The summed E-state index contributed by atoms with van der Waals surface area (Å²) in [6.45, 7) is 3.90. The Morgan fingerprint density at radius 3 is 2.29 bits per heavy atom. The van der Waals surface area contributed by atoms with Crippen molar-refractivity contribution < 1.29 is 9.59 Å². The molecule has 0 spiro atoms. The molecule has 1 saturated heterocycles. The molecule has 1 aliphatic heterocycles. The minimum absolute atomic E-state index is 0.233. The first-order chi connectivity index (χ1) is 11.4. The number of benzene rings is 2. The highest BCUT2D eigenvalue weighted by atomic mass is 16.2. The minimum atomic E-state index is -1.12. The summed E-state index contributed by atoms with van der Waals surface area (Å²) >= 11 is 0. The molecule has 0 aromatic heterocycles. The highest BCUT2D eigenvalue weighted by molar-refractivity contribution is 6.07. The van der Waals surface area contributed by atoms with Crippen LogP contribution < -0.4 is 5.32 Å². The fourth-order valence-corrected chi connectivity index (χ4v) is 2.79. The largest absolute Gasteiger partial charge is 0.325 e. The van der Waals surface area contributed by atoms with Gasteiger partial charge in [-0.05, 0) is 37.1 Å². The van der Waals surface area contributed by atoms with Gasteiger partial charge in [0.1, 0.15) is 5.54 Å². The molecule has 1 fully saturated rings. The summed E-state index contributed by atoms with van der Waals surface area (Å²) in [6.07, 6.45) is 0. The average molecular weight is 319 g/mol. The number of urea groups is 1. The normalized spacial score (nSPS) is 20.0. The first kappa shape index (κ1) is 15.8. The van der Waals surface area contributed by atoms with Crippen molar-refractivity contribution in [2.75, 3.05) is 0 Å². The first-order valence-electron chi connectivity index (χ1n) is 7.64. The van der Waals surface area contributed by atoms with Gasteiger partial charge in [-0.1, -0.05) is 42.0 Å². The third-order valence-electron chi connectivity index (χ3n) is 4.33. The number of aryl methyl sites for hydroxylation is 1. The molecule has 5 nitrogen and oxygen atoms in total. The van der Waals surface area contributed by atoms with Crippen molar-refractivity contribution in [2.45, 2.75) is 25.9 Å². The molecule has 0 aliphatic carbocycles. The Balaban J connectivity index is 1.87. The van der Waals surface area contributed by atoms with E-state index in [1.165, 1.54) is 4.90 Å². The second-order valence-corrected chi connectivity index (χ2v) is 6.12. The van der Waals surface area contributed by atoms with Crippen molar-refractivity contribution in [3.63, 3.8) is 0 Å².